The second-order valence-electron chi connectivity index (χ2n) is 5.86. The van der Waals surface area contributed by atoms with Gasteiger partial charge in [-0.25, -0.2) is 4.79 Å². The van der Waals surface area contributed by atoms with Crippen molar-refractivity contribution in [2.24, 2.45) is 0 Å². The van der Waals surface area contributed by atoms with E-state index in [-0.39, 0.29) is 6.03 Å². The quantitative estimate of drug-likeness (QED) is 0.892. The molecule has 4 rings (SSSR count). The highest BCUT2D eigenvalue weighted by Crippen LogP contribution is 2.44. The lowest BCUT2D eigenvalue weighted by molar-refractivity contribution is 0.262. The molecule has 5 nitrogen and oxygen atoms in total. The summed E-state index contributed by atoms with van der Waals surface area (Å²) in [7, 11) is 0. The van der Waals surface area contributed by atoms with Gasteiger partial charge in [0, 0.05) is 29.7 Å². The highest BCUT2D eigenvalue weighted by Gasteiger charge is 2.27. The number of fused-ring (bicyclic) bond motifs is 2. The minimum absolute atomic E-state index is 0.270. The molecule has 2 heterocycles. The van der Waals surface area contributed by atoms with Crippen molar-refractivity contribution in [1.82, 2.24) is 0 Å². The molecule has 0 saturated carbocycles. The molecule has 0 atom stereocenters. The average Bonchev–Trinajstić information content (AvgIpc) is 3.15. The van der Waals surface area contributed by atoms with Gasteiger partial charge in [0.05, 0.1) is 18.9 Å². The van der Waals surface area contributed by atoms with Crippen LogP contribution < -0.4 is 20.1 Å². The topological polar surface area (TPSA) is 59.6 Å². The smallest absolute Gasteiger partial charge is 0.323 e. The molecule has 0 aromatic heterocycles. The predicted octanol–water partition coefficient (Wildman–Crippen LogP) is 3.51. The molecule has 0 bridgehead atoms. The zero-order chi connectivity index (χ0) is 15.8. The van der Waals surface area contributed by atoms with E-state index in [1.165, 1.54) is 0 Å². The number of amides is 2. The summed E-state index contributed by atoms with van der Waals surface area (Å²) in [5.41, 5.74) is 4.73. The van der Waals surface area contributed by atoms with E-state index in [4.69, 9.17) is 9.47 Å². The van der Waals surface area contributed by atoms with Crippen LogP contribution in [0.25, 0.3) is 0 Å². The number of urea groups is 1. The Morgan fingerprint density at radius 3 is 2.83 bits per heavy atom. The van der Waals surface area contributed by atoms with Crippen LogP contribution in [-0.4, -0.2) is 19.2 Å². The first-order valence-electron chi connectivity index (χ1n) is 7.80. The molecular weight excluding hydrogens is 292 g/mol. The highest BCUT2D eigenvalue weighted by atomic mass is 16.5. The second-order valence-corrected chi connectivity index (χ2v) is 5.86. The Hall–Kier alpha value is -2.69. The molecule has 2 aromatic carbocycles. The van der Waals surface area contributed by atoms with Crippen molar-refractivity contribution in [3.05, 3.63) is 47.0 Å². The molecule has 2 N–H and O–H groups in total. The van der Waals surface area contributed by atoms with E-state index in [2.05, 4.69) is 10.6 Å². The number of rotatable bonds is 2. The van der Waals surface area contributed by atoms with Crippen LogP contribution in [0.2, 0.25) is 0 Å². The number of carbonyl (C=O) groups excluding carboxylic acids is 1. The Morgan fingerprint density at radius 2 is 1.96 bits per heavy atom. The predicted molar refractivity (Wildman–Crippen MR) is 88.7 cm³/mol. The van der Waals surface area contributed by atoms with Crippen molar-refractivity contribution in [2.75, 3.05) is 23.8 Å². The Labute approximate surface area is 134 Å². The molecule has 2 amide bonds. The van der Waals surface area contributed by atoms with Gasteiger partial charge in [0.1, 0.15) is 11.5 Å². The Balaban J connectivity index is 1.60. The maximum atomic E-state index is 12.4. The SMILES string of the molecule is Cc1cccc(NC(=O)Nc2c3c(cc4c2OCC4)OCC3)c1. The molecule has 0 radical (unpaired) electrons. The fraction of sp³-hybridized carbons (Fsp3) is 0.278. The summed E-state index contributed by atoms with van der Waals surface area (Å²) >= 11 is 0. The second kappa shape index (κ2) is 5.50. The minimum Gasteiger partial charge on any atom is -0.493 e. The summed E-state index contributed by atoms with van der Waals surface area (Å²) in [5, 5.41) is 5.82. The molecule has 2 aliphatic heterocycles. The molecule has 0 aliphatic carbocycles. The van der Waals surface area contributed by atoms with Gasteiger partial charge in [-0.3, -0.25) is 0 Å². The first-order chi connectivity index (χ1) is 11.2. The van der Waals surface area contributed by atoms with Crippen LogP contribution in [-0.2, 0) is 12.8 Å². The van der Waals surface area contributed by atoms with Gasteiger partial charge in [-0.05, 0) is 30.7 Å². The normalized spacial score (nSPS) is 14.5. The van der Waals surface area contributed by atoms with Crippen molar-refractivity contribution >= 4 is 17.4 Å². The summed E-state index contributed by atoms with van der Waals surface area (Å²) in [6, 6.07) is 9.47. The molecule has 2 aliphatic rings. The highest BCUT2D eigenvalue weighted by molar-refractivity contribution is 6.02. The number of aryl methyl sites for hydroxylation is 1. The molecule has 0 saturated heterocycles. The standard InChI is InChI=1S/C18H18N2O3/c1-11-3-2-4-13(9-11)19-18(21)20-16-14-6-8-22-15(14)10-12-5-7-23-17(12)16/h2-4,9-10H,5-8H2,1H3,(H2,19,20,21). The van der Waals surface area contributed by atoms with Crippen molar-refractivity contribution in [1.29, 1.82) is 0 Å². The average molecular weight is 310 g/mol. The van der Waals surface area contributed by atoms with E-state index in [1.54, 1.807) is 0 Å². The minimum atomic E-state index is -0.270. The van der Waals surface area contributed by atoms with Crippen LogP contribution in [0.3, 0.4) is 0 Å². The Bertz CT molecular complexity index is 754. The van der Waals surface area contributed by atoms with E-state index in [9.17, 15) is 4.79 Å². The van der Waals surface area contributed by atoms with Gasteiger partial charge in [-0.2, -0.15) is 0 Å². The maximum absolute atomic E-state index is 12.4. The van der Waals surface area contributed by atoms with Gasteiger partial charge in [-0.1, -0.05) is 12.1 Å². The van der Waals surface area contributed by atoms with E-state index < -0.39 is 0 Å². The molecular formula is C18H18N2O3. The van der Waals surface area contributed by atoms with Gasteiger partial charge in [0.25, 0.3) is 0 Å². The molecule has 5 heteroatoms. The van der Waals surface area contributed by atoms with E-state index in [1.807, 2.05) is 37.3 Å². The molecule has 0 spiro atoms. The molecule has 2 aromatic rings. The number of carbonyl (C=O) groups is 1. The monoisotopic (exact) mass is 310 g/mol. The summed E-state index contributed by atoms with van der Waals surface area (Å²) in [6.45, 7) is 3.28. The summed E-state index contributed by atoms with van der Waals surface area (Å²) < 4.78 is 11.4. The lowest BCUT2D eigenvalue weighted by Gasteiger charge is -2.14. The zero-order valence-electron chi connectivity index (χ0n) is 12.9. The molecule has 0 unspecified atom stereocenters. The third kappa shape index (κ3) is 2.59. The summed E-state index contributed by atoms with van der Waals surface area (Å²) in [5.74, 6) is 1.65. The van der Waals surface area contributed by atoms with Crippen LogP contribution in [0, 0.1) is 6.92 Å². The van der Waals surface area contributed by atoms with E-state index in [0.717, 1.165) is 52.4 Å². The fourth-order valence-electron chi connectivity index (χ4n) is 3.12. The van der Waals surface area contributed by atoms with Crippen LogP contribution in [0.4, 0.5) is 16.2 Å². The third-order valence-electron chi connectivity index (χ3n) is 4.17. The zero-order valence-corrected chi connectivity index (χ0v) is 12.9. The molecule has 0 fully saturated rings. The van der Waals surface area contributed by atoms with E-state index in [0.29, 0.717) is 13.2 Å². The molecule has 118 valence electrons. The van der Waals surface area contributed by atoms with E-state index >= 15 is 0 Å². The first kappa shape index (κ1) is 13.9. The fourth-order valence-corrected chi connectivity index (χ4v) is 3.12. The van der Waals surface area contributed by atoms with Gasteiger partial charge >= 0.3 is 6.03 Å². The Morgan fingerprint density at radius 1 is 1.09 bits per heavy atom. The Kier molecular flexibility index (Phi) is 3.33. The van der Waals surface area contributed by atoms with Crippen LogP contribution in [0.1, 0.15) is 16.7 Å². The molecule has 23 heavy (non-hydrogen) atoms. The number of nitrogens with one attached hydrogen (secondary N) is 2. The lowest BCUT2D eigenvalue weighted by Crippen LogP contribution is -2.20. The van der Waals surface area contributed by atoms with Crippen molar-refractivity contribution in [3.8, 4) is 11.5 Å². The van der Waals surface area contributed by atoms with Crippen molar-refractivity contribution in [2.45, 2.75) is 19.8 Å². The number of anilines is 2. The number of ether oxygens (including phenoxy) is 2. The number of hydrogen-bond donors (Lipinski definition) is 2. The van der Waals surface area contributed by atoms with Crippen molar-refractivity contribution in [3.63, 3.8) is 0 Å². The number of hydrogen-bond acceptors (Lipinski definition) is 3. The van der Waals surface area contributed by atoms with Gasteiger partial charge in [-0.15, -0.1) is 0 Å². The summed E-state index contributed by atoms with van der Waals surface area (Å²) in [4.78, 5) is 12.4. The van der Waals surface area contributed by atoms with Gasteiger partial charge < -0.3 is 20.1 Å². The largest absolute Gasteiger partial charge is 0.493 e. The van der Waals surface area contributed by atoms with Crippen LogP contribution in [0.15, 0.2) is 30.3 Å². The third-order valence-corrected chi connectivity index (χ3v) is 4.17. The first-order valence-corrected chi connectivity index (χ1v) is 7.80. The van der Waals surface area contributed by atoms with Gasteiger partial charge in [0.15, 0.2) is 0 Å². The van der Waals surface area contributed by atoms with Gasteiger partial charge in [0.2, 0.25) is 0 Å². The van der Waals surface area contributed by atoms with Crippen molar-refractivity contribution < 1.29 is 14.3 Å². The van der Waals surface area contributed by atoms with Crippen LogP contribution >= 0.6 is 0 Å². The lowest BCUT2D eigenvalue weighted by atomic mass is 10.0. The van der Waals surface area contributed by atoms with Crippen LogP contribution in [0.5, 0.6) is 11.5 Å². The maximum Gasteiger partial charge on any atom is 0.323 e. The summed E-state index contributed by atoms with van der Waals surface area (Å²) in [6.07, 6.45) is 1.63. The number of benzene rings is 2.